The number of rotatable bonds is 4. The van der Waals surface area contributed by atoms with E-state index in [9.17, 15) is 4.79 Å². The summed E-state index contributed by atoms with van der Waals surface area (Å²) in [5.41, 5.74) is 1.42. The monoisotopic (exact) mass is 408 g/mol. The van der Waals surface area contributed by atoms with Gasteiger partial charge in [-0.25, -0.2) is 0 Å². The van der Waals surface area contributed by atoms with Gasteiger partial charge >= 0.3 is 0 Å². The molecule has 2 aromatic rings. The number of hydrogen-bond donors (Lipinski definition) is 1. The Morgan fingerprint density at radius 3 is 2.45 bits per heavy atom. The van der Waals surface area contributed by atoms with Gasteiger partial charge in [-0.15, -0.1) is 10.2 Å². The van der Waals surface area contributed by atoms with Gasteiger partial charge < -0.3 is 10.2 Å². The van der Waals surface area contributed by atoms with Crippen molar-refractivity contribution >= 4 is 34.3 Å². The minimum atomic E-state index is -0.195. The van der Waals surface area contributed by atoms with Crippen molar-refractivity contribution in [1.29, 1.82) is 0 Å². The lowest BCUT2D eigenvalue weighted by atomic mass is 10.2. The van der Waals surface area contributed by atoms with E-state index in [2.05, 4.69) is 43.0 Å². The fourth-order valence-electron chi connectivity index (χ4n) is 2.44. The Kier molecular flexibility index (Phi) is 4.87. The van der Waals surface area contributed by atoms with Gasteiger partial charge in [0.25, 0.3) is 5.91 Å². The molecule has 0 aliphatic carbocycles. The van der Waals surface area contributed by atoms with Crippen molar-refractivity contribution in [2.45, 2.75) is 19.4 Å². The van der Waals surface area contributed by atoms with E-state index in [1.54, 1.807) is 6.07 Å². The summed E-state index contributed by atoms with van der Waals surface area (Å²) in [5, 5.41) is 11.1. The van der Waals surface area contributed by atoms with Gasteiger partial charge in [0.05, 0.1) is 0 Å². The summed E-state index contributed by atoms with van der Waals surface area (Å²) in [6.45, 7) is 2.53. The van der Waals surface area contributed by atoms with E-state index >= 15 is 0 Å². The predicted octanol–water partition coefficient (Wildman–Crippen LogP) is 2.61. The first-order chi connectivity index (χ1) is 10.7. The van der Waals surface area contributed by atoms with Crippen LogP contribution in [-0.2, 0) is 6.54 Å². The van der Waals surface area contributed by atoms with E-state index < -0.39 is 0 Å². The molecule has 1 aliphatic rings. The van der Waals surface area contributed by atoms with Gasteiger partial charge in [-0.3, -0.25) is 4.79 Å². The van der Waals surface area contributed by atoms with Crippen molar-refractivity contribution < 1.29 is 4.79 Å². The van der Waals surface area contributed by atoms with Crippen LogP contribution in [0.2, 0.25) is 0 Å². The fraction of sp³-hybridized carbons (Fsp3) is 0.312. The molecule has 3 rings (SSSR count). The van der Waals surface area contributed by atoms with E-state index in [1.807, 2.05) is 30.3 Å². The first kappa shape index (κ1) is 15.2. The molecule has 5 nitrogen and oxygen atoms in total. The second-order valence-electron chi connectivity index (χ2n) is 5.28. The molecule has 1 aromatic heterocycles. The number of aromatic nitrogens is 2. The third kappa shape index (κ3) is 3.73. The van der Waals surface area contributed by atoms with Crippen LogP contribution in [0, 0.1) is 3.57 Å². The van der Waals surface area contributed by atoms with Crippen molar-refractivity contribution in [3.63, 3.8) is 0 Å². The molecule has 114 valence electrons. The van der Waals surface area contributed by atoms with Crippen molar-refractivity contribution in [3.8, 4) is 0 Å². The number of carbonyl (C=O) groups is 1. The maximum Gasteiger partial charge on any atom is 0.272 e. The summed E-state index contributed by atoms with van der Waals surface area (Å²) >= 11 is 2.26. The minimum absolute atomic E-state index is 0.195. The first-order valence-corrected chi connectivity index (χ1v) is 8.41. The smallest absolute Gasteiger partial charge is 0.272 e. The molecule has 2 heterocycles. The van der Waals surface area contributed by atoms with Crippen molar-refractivity contribution in [2.75, 3.05) is 18.0 Å². The Bertz CT molecular complexity index is 636. The molecule has 0 radical (unpaired) electrons. The highest BCUT2D eigenvalue weighted by Crippen LogP contribution is 2.16. The summed E-state index contributed by atoms with van der Waals surface area (Å²) in [7, 11) is 0. The SMILES string of the molecule is O=C(NCc1ccc(I)cc1)c1ccc(N2CCCC2)nn1. The van der Waals surface area contributed by atoms with Gasteiger partial charge in [-0.05, 0) is 65.3 Å². The molecule has 1 saturated heterocycles. The van der Waals surface area contributed by atoms with Gasteiger partial charge in [0.2, 0.25) is 0 Å². The largest absolute Gasteiger partial charge is 0.355 e. The maximum absolute atomic E-state index is 12.1. The molecule has 1 N–H and O–H groups in total. The van der Waals surface area contributed by atoms with Crippen molar-refractivity contribution in [1.82, 2.24) is 15.5 Å². The normalized spacial score (nSPS) is 14.1. The van der Waals surface area contributed by atoms with Crippen LogP contribution in [0.3, 0.4) is 0 Å². The third-order valence-corrected chi connectivity index (χ3v) is 4.40. The van der Waals surface area contributed by atoms with Gasteiger partial charge in [0, 0.05) is 23.2 Å². The van der Waals surface area contributed by atoms with E-state index in [1.165, 1.54) is 16.4 Å². The maximum atomic E-state index is 12.1. The lowest BCUT2D eigenvalue weighted by Crippen LogP contribution is -2.25. The molecule has 0 bridgehead atoms. The zero-order chi connectivity index (χ0) is 15.4. The van der Waals surface area contributed by atoms with Crippen LogP contribution in [0.1, 0.15) is 28.9 Å². The second kappa shape index (κ2) is 7.04. The van der Waals surface area contributed by atoms with E-state index in [0.29, 0.717) is 12.2 Å². The minimum Gasteiger partial charge on any atom is -0.355 e. The van der Waals surface area contributed by atoms with Crippen LogP contribution in [0.15, 0.2) is 36.4 Å². The summed E-state index contributed by atoms with van der Waals surface area (Å²) in [5.74, 6) is 0.658. The quantitative estimate of drug-likeness (QED) is 0.791. The zero-order valence-corrected chi connectivity index (χ0v) is 14.3. The van der Waals surface area contributed by atoms with Crippen LogP contribution < -0.4 is 10.2 Å². The lowest BCUT2D eigenvalue weighted by molar-refractivity contribution is 0.0945. The van der Waals surface area contributed by atoms with Crippen molar-refractivity contribution in [2.24, 2.45) is 0 Å². The molecule has 6 heteroatoms. The number of amides is 1. The summed E-state index contributed by atoms with van der Waals surface area (Å²) in [6.07, 6.45) is 2.39. The Morgan fingerprint density at radius 2 is 1.82 bits per heavy atom. The average Bonchev–Trinajstić information content (AvgIpc) is 3.09. The average molecular weight is 408 g/mol. The molecule has 1 fully saturated rings. The van der Waals surface area contributed by atoms with E-state index in [4.69, 9.17) is 0 Å². The predicted molar refractivity (Wildman–Crippen MR) is 93.8 cm³/mol. The Morgan fingerprint density at radius 1 is 1.09 bits per heavy atom. The number of carbonyl (C=O) groups excluding carboxylic acids is 1. The highest BCUT2D eigenvalue weighted by molar-refractivity contribution is 14.1. The second-order valence-corrected chi connectivity index (χ2v) is 6.53. The Labute approximate surface area is 143 Å². The topological polar surface area (TPSA) is 58.1 Å². The van der Waals surface area contributed by atoms with Crippen LogP contribution >= 0.6 is 22.6 Å². The summed E-state index contributed by atoms with van der Waals surface area (Å²) in [4.78, 5) is 14.3. The number of nitrogens with zero attached hydrogens (tertiary/aromatic N) is 3. The lowest BCUT2D eigenvalue weighted by Gasteiger charge is -2.15. The summed E-state index contributed by atoms with van der Waals surface area (Å²) < 4.78 is 1.18. The molecule has 0 spiro atoms. The molecule has 1 aliphatic heterocycles. The van der Waals surface area contributed by atoms with Crippen LogP contribution in [0.25, 0.3) is 0 Å². The number of benzene rings is 1. The first-order valence-electron chi connectivity index (χ1n) is 7.34. The Balaban J connectivity index is 1.58. The molecule has 1 amide bonds. The molecule has 1 aromatic carbocycles. The van der Waals surface area contributed by atoms with E-state index in [-0.39, 0.29) is 5.91 Å². The van der Waals surface area contributed by atoms with Crippen LogP contribution in [0.4, 0.5) is 5.82 Å². The van der Waals surface area contributed by atoms with Gasteiger partial charge in [-0.1, -0.05) is 12.1 Å². The molecular formula is C16H17IN4O. The standard InChI is InChI=1S/C16H17IN4O/c17-13-5-3-12(4-6-13)11-18-16(22)14-7-8-15(20-19-14)21-9-1-2-10-21/h3-8H,1-2,9-11H2,(H,18,22). The molecule has 0 atom stereocenters. The summed E-state index contributed by atoms with van der Waals surface area (Å²) in [6, 6.07) is 11.7. The fourth-order valence-corrected chi connectivity index (χ4v) is 2.80. The number of hydrogen-bond acceptors (Lipinski definition) is 4. The zero-order valence-electron chi connectivity index (χ0n) is 12.1. The van der Waals surface area contributed by atoms with Crippen molar-refractivity contribution in [3.05, 3.63) is 51.2 Å². The van der Waals surface area contributed by atoms with Crippen LogP contribution in [0.5, 0.6) is 0 Å². The molecule has 22 heavy (non-hydrogen) atoms. The molecule has 0 saturated carbocycles. The Hall–Kier alpha value is -1.70. The third-order valence-electron chi connectivity index (χ3n) is 3.68. The highest BCUT2D eigenvalue weighted by Gasteiger charge is 2.15. The van der Waals surface area contributed by atoms with E-state index in [0.717, 1.165) is 24.5 Å². The molecule has 0 unspecified atom stereocenters. The number of nitrogens with one attached hydrogen (secondary N) is 1. The van der Waals surface area contributed by atoms with Gasteiger partial charge in [0.1, 0.15) is 0 Å². The number of anilines is 1. The molecular weight excluding hydrogens is 391 g/mol. The van der Waals surface area contributed by atoms with Crippen LogP contribution in [-0.4, -0.2) is 29.2 Å². The van der Waals surface area contributed by atoms with Gasteiger partial charge in [0.15, 0.2) is 11.5 Å². The highest BCUT2D eigenvalue weighted by atomic mass is 127. The van der Waals surface area contributed by atoms with Gasteiger partial charge in [-0.2, -0.15) is 0 Å². The number of halogens is 1.